The Morgan fingerprint density at radius 1 is 1.11 bits per heavy atom. The first-order chi connectivity index (χ1) is 9.17. The number of amides is 1. The van der Waals surface area contributed by atoms with Crippen molar-refractivity contribution in [2.24, 2.45) is 0 Å². The van der Waals surface area contributed by atoms with Gasteiger partial charge in [-0.3, -0.25) is 4.79 Å². The van der Waals surface area contributed by atoms with Gasteiger partial charge >= 0.3 is 0 Å². The van der Waals surface area contributed by atoms with Crippen LogP contribution >= 0.6 is 0 Å². The molecular formula is C15H18N2O2. The van der Waals surface area contributed by atoms with E-state index in [1.54, 1.807) is 0 Å². The number of carbonyl (C=O) groups excluding carboxylic acids is 1. The number of hydrogen-bond donors (Lipinski definition) is 2. The summed E-state index contributed by atoms with van der Waals surface area (Å²) in [4.78, 5) is 11.2. The van der Waals surface area contributed by atoms with Crippen molar-refractivity contribution >= 4 is 17.3 Å². The quantitative estimate of drug-likeness (QED) is 0.862. The van der Waals surface area contributed by atoms with Gasteiger partial charge in [0.1, 0.15) is 11.5 Å². The normalized spacial score (nSPS) is 10.2. The first kappa shape index (κ1) is 13.2. The molecule has 4 nitrogen and oxygen atoms in total. The molecule has 1 aromatic carbocycles. The van der Waals surface area contributed by atoms with E-state index < -0.39 is 0 Å². The molecule has 0 aliphatic rings. The Morgan fingerprint density at radius 2 is 1.79 bits per heavy atom. The lowest BCUT2D eigenvalue weighted by atomic mass is 10.2. The summed E-state index contributed by atoms with van der Waals surface area (Å²) in [6, 6.07) is 11.5. The van der Waals surface area contributed by atoms with Crippen molar-refractivity contribution < 1.29 is 9.21 Å². The summed E-state index contributed by atoms with van der Waals surface area (Å²) >= 11 is 0. The van der Waals surface area contributed by atoms with Crippen LogP contribution in [0.3, 0.4) is 0 Å². The Morgan fingerprint density at radius 3 is 2.37 bits per heavy atom. The third-order valence-corrected chi connectivity index (χ3v) is 2.75. The lowest BCUT2D eigenvalue weighted by Gasteiger charge is -2.07. The maximum atomic E-state index is 11.2. The molecule has 0 saturated carbocycles. The largest absolute Gasteiger partial charge is 0.465 e. The van der Waals surface area contributed by atoms with Gasteiger partial charge in [-0.1, -0.05) is 6.92 Å². The second-order valence-corrected chi connectivity index (χ2v) is 4.34. The van der Waals surface area contributed by atoms with Crippen LogP contribution in [0.5, 0.6) is 0 Å². The summed E-state index contributed by atoms with van der Waals surface area (Å²) in [6.45, 7) is 4.40. The van der Waals surface area contributed by atoms with Crippen LogP contribution in [0, 0.1) is 6.92 Å². The molecule has 0 unspecified atom stereocenters. The van der Waals surface area contributed by atoms with Crippen LogP contribution in [-0.4, -0.2) is 5.91 Å². The zero-order valence-electron chi connectivity index (χ0n) is 11.2. The standard InChI is InChI=1S/C15H18N2O2/c1-3-15(18)17-13-7-5-12(6-8-13)16-10-14-9-4-11(2)19-14/h4-9,16H,3,10H2,1-2H3,(H,17,18). The molecular weight excluding hydrogens is 240 g/mol. The molecule has 2 N–H and O–H groups in total. The van der Waals surface area contributed by atoms with Crippen molar-refractivity contribution in [3.05, 3.63) is 47.9 Å². The van der Waals surface area contributed by atoms with Crippen molar-refractivity contribution in [2.45, 2.75) is 26.8 Å². The van der Waals surface area contributed by atoms with Gasteiger partial charge in [-0.05, 0) is 43.3 Å². The summed E-state index contributed by atoms with van der Waals surface area (Å²) in [5.41, 5.74) is 1.80. The van der Waals surface area contributed by atoms with E-state index in [0.29, 0.717) is 13.0 Å². The van der Waals surface area contributed by atoms with Crippen LogP contribution in [0.4, 0.5) is 11.4 Å². The number of hydrogen-bond acceptors (Lipinski definition) is 3. The maximum absolute atomic E-state index is 11.2. The fraction of sp³-hybridized carbons (Fsp3) is 0.267. The zero-order valence-corrected chi connectivity index (χ0v) is 11.2. The fourth-order valence-electron chi connectivity index (χ4n) is 1.69. The monoisotopic (exact) mass is 258 g/mol. The third kappa shape index (κ3) is 3.88. The highest BCUT2D eigenvalue weighted by molar-refractivity contribution is 5.90. The number of aryl methyl sites for hydroxylation is 1. The lowest BCUT2D eigenvalue weighted by molar-refractivity contribution is -0.115. The molecule has 1 aromatic heterocycles. The number of anilines is 2. The molecule has 1 heterocycles. The highest BCUT2D eigenvalue weighted by atomic mass is 16.3. The van der Waals surface area contributed by atoms with Crippen LogP contribution in [0.25, 0.3) is 0 Å². The number of furan rings is 1. The summed E-state index contributed by atoms with van der Waals surface area (Å²) in [5.74, 6) is 1.84. The lowest BCUT2D eigenvalue weighted by Crippen LogP contribution is -2.09. The van der Waals surface area contributed by atoms with E-state index in [-0.39, 0.29) is 5.91 Å². The van der Waals surface area contributed by atoms with Crippen LogP contribution in [0.2, 0.25) is 0 Å². The number of carbonyl (C=O) groups is 1. The molecule has 100 valence electrons. The number of nitrogens with one attached hydrogen (secondary N) is 2. The van der Waals surface area contributed by atoms with Gasteiger partial charge < -0.3 is 15.1 Å². The predicted octanol–water partition coefficient (Wildman–Crippen LogP) is 3.55. The van der Waals surface area contributed by atoms with Crippen molar-refractivity contribution in [3.8, 4) is 0 Å². The smallest absolute Gasteiger partial charge is 0.224 e. The second kappa shape index (κ2) is 6.09. The molecule has 1 amide bonds. The summed E-state index contributed by atoms with van der Waals surface area (Å²) in [7, 11) is 0. The summed E-state index contributed by atoms with van der Waals surface area (Å²) in [5, 5.41) is 6.07. The van der Waals surface area contributed by atoms with Crippen molar-refractivity contribution in [3.63, 3.8) is 0 Å². The van der Waals surface area contributed by atoms with Gasteiger partial charge in [0.05, 0.1) is 6.54 Å². The average molecular weight is 258 g/mol. The van der Waals surface area contributed by atoms with Crippen LogP contribution in [0.15, 0.2) is 40.8 Å². The van der Waals surface area contributed by atoms with E-state index in [9.17, 15) is 4.79 Å². The minimum Gasteiger partial charge on any atom is -0.465 e. The molecule has 4 heteroatoms. The molecule has 0 fully saturated rings. The Labute approximate surface area is 112 Å². The zero-order chi connectivity index (χ0) is 13.7. The number of rotatable bonds is 5. The molecule has 0 radical (unpaired) electrons. The van der Waals surface area contributed by atoms with Gasteiger partial charge in [-0.25, -0.2) is 0 Å². The third-order valence-electron chi connectivity index (χ3n) is 2.75. The van der Waals surface area contributed by atoms with E-state index >= 15 is 0 Å². The van der Waals surface area contributed by atoms with E-state index in [1.807, 2.05) is 50.2 Å². The highest BCUT2D eigenvalue weighted by Gasteiger charge is 2.00. The molecule has 0 aliphatic heterocycles. The van der Waals surface area contributed by atoms with Crippen molar-refractivity contribution in [1.29, 1.82) is 0 Å². The number of benzene rings is 1. The minimum absolute atomic E-state index is 0.0202. The molecule has 0 bridgehead atoms. The van der Waals surface area contributed by atoms with Gasteiger partial charge in [-0.15, -0.1) is 0 Å². The first-order valence-electron chi connectivity index (χ1n) is 6.36. The van der Waals surface area contributed by atoms with Gasteiger partial charge in [0.15, 0.2) is 0 Å². The van der Waals surface area contributed by atoms with Crippen molar-refractivity contribution in [1.82, 2.24) is 0 Å². The SMILES string of the molecule is CCC(=O)Nc1ccc(NCc2ccc(C)o2)cc1. The van der Waals surface area contributed by atoms with E-state index in [0.717, 1.165) is 22.9 Å². The summed E-state index contributed by atoms with van der Waals surface area (Å²) in [6.07, 6.45) is 0.484. The van der Waals surface area contributed by atoms with Gasteiger partial charge in [-0.2, -0.15) is 0 Å². The van der Waals surface area contributed by atoms with E-state index in [2.05, 4.69) is 10.6 Å². The molecule has 2 aromatic rings. The minimum atomic E-state index is 0.0202. The molecule has 0 aliphatic carbocycles. The van der Waals surface area contributed by atoms with Gasteiger partial charge in [0.25, 0.3) is 0 Å². The molecule has 0 atom stereocenters. The Hall–Kier alpha value is -2.23. The van der Waals surface area contributed by atoms with E-state index in [1.165, 1.54) is 0 Å². The molecule has 0 saturated heterocycles. The maximum Gasteiger partial charge on any atom is 0.224 e. The average Bonchev–Trinajstić information content (AvgIpc) is 2.83. The Balaban J connectivity index is 1.89. The van der Waals surface area contributed by atoms with E-state index in [4.69, 9.17) is 4.42 Å². The van der Waals surface area contributed by atoms with Crippen LogP contribution < -0.4 is 10.6 Å². The Bertz CT molecular complexity index is 544. The van der Waals surface area contributed by atoms with Gasteiger partial charge in [0.2, 0.25) is 5.91 Å². The highest BCUT2D eigenvalue weighted by Crippen LogP contribution is 2.15. The fourth-order valence-corrected chi connectivity index (χ4v) is 1.69. The van der Waals surface area contributed by atoms with Crippen LogP contribution in [0.1, 0.15) is 24.9 Å². The summed E-state index contributed by atoms with van der Waals surface area (Å²) < 4.78 is 5.48. The molecule has 19 heavy (non-hydrogen) atoms. The van der Waals surface area contributed by atoms with Crippen LogP contribution in [-0.2, 0) is 11.3 Å². The molecule has 0 spiro atoms. The topological polar surface area (TPSA) is 54.3 Å². The predicted molar refractivity (Wildman–Crippen MR) is 76.1 cm³/mol. The Kier molecular flexibility index (Phi) is 4.23. The first-order valence-corrected chi connectivity index (χ1v) is 6.36. The van der Waals surface area contributed by atoms with Gasteiger partial charge in [0, 0.05) is 17.8 Å². The molecule has 2 rings (SSSR count). The second-order valence-electron chi connectivity index (χ2n) is 4.34. The van der Waals surface area contributed by atoms with Crippen molar-refractivity contribution in [2.75, 3.05) is 10.6 Å².